The van der Waals surface area contributed by atoms with Crippen molar-refractivity contribution >= 4 is 5.69 Å². The first kappa shape index (κ1) is 17.4. The number of nitrogen functional groups attached to an aromatic ring is 1. The molecular formula is C19H25FN2O. The predicted molar refractivity (Wildman–Crippen MR) is 92.9 cm³/mol. The Labute approximate surface area is 137 Å². The van der Waals surface area contributed by atoms with Gasteiger partial charge in [-0.25, -0.2) is 4.39 Å². The molecule has 0 saturated carbocycles. The third-order valence-electron chi connectivity index (χ3n) is 3.91. The zero-order valence-corrected chi connectivity index (χ0v) is 14.5. The first-order valence-electron chi connectivity index (χ1n) is 7.93. The third kappa shape index (κ3) is 3.53. The lowest BCUT2D eigenvalue weighted by molar-refractivity contribution is 0.184. The maximum absolute atomic E-state index is 13.3. The zero-order chi connectivity index (χ0) is 17.1. The number of hydrogen-bond donors (Lipinski definition) is 1. The Kier molecular flexibility index (Phi) is 5.37. The minimum Gasteiger partial charge on any atom is -0.397 e. The maximum atomic E-state index is 13.3. The van der Waals surface area contributed by atoms with Gasteiger partial charge in [-0.2, -0.15) is 0 Å². The van der Waals surface area contributed by atoms with Crippen molar-refractivity contribution < 1.29 is 9.13 Å². The van der Waals surface area contributed by atoms with Gasteiger partial charge in [0.1, 0.15) is 5.82 Å². The summed E-state index contributed by atoms with van der Waals surface area (Å²) >= 11 is 0. The SMILES string of the molecule is COCc1c(C(C)C)nc(C(C)C)c(N)c1-c1ccc(F)cc1. The summed E-state index contributed by atoms with van der Waals surface area (Å²) in [5.74, 6) is 0.198. The van der Waals surface area contributed by atoms with Crippen molar-refractivity contribution in [3.05, 3.63) is 47.0 Å². The van der Waals surface area contributed by atoms with Gasteiger partial charge in [0.05, 0.1) is 18.0 Å². The van der Waals surface area contributed by atoms with Crippen LogP contribution in [0.15, 0.2) is 24.3 Å². The number of anilines is 1. The highest BCUT2D eigenvalue weighted by molar-refractivity contribution is 5.81. The number of ether oxygens (including phenoxy) is 1. The standard InChI is InChI=1S/C19H25FN2O/c1-11(2)18-15(10-23-5)16(13-6-8-14(20)9-7-13)17(21)19(22-18)12(3)4/h6-9,11-12H,10,21H2,1-5H3. The van der Waals surface area contributed by atoms with Crippen LogP contribution in [-0.4, -0.2) is 12.1 Å². The first-order chi connectivity index (χ1) is 10.9. The topological polar surface area (TPSA) is 48.1 Å². The molecule has 0 spiro atoms. The van der Waals surface area contributed by atoms with Gasteiger partial charge in [-0.1, -0.05) is 39.8 Å². The molecule has 0 atom stereocenters. The molecule has 2 N–H and O–H groups in total. The molecule has 1 aromatic carbocycles. The van der Waals surface area contributed by atoms with E-state index in [9.17, 15) is 4.39 Å². The Morgan fingerprint density at radius 2 is 1.61 bits per heavy atom. The van der Waals surface area contributed by atoms with Crippen LogP contribution in [0.25, 0.3) is 11.1 Å². The second-order valence-corrected chi connectivity index (χ2v) is 6.40. The Morgan fingerprint density at radius 3 is 2.09 bits per heavy atom. The van der Waals surface area contributed by atoms with Crippen LogP contribution in [-0.2, 0) is 11.3 Å². The van der Waals surface area contributed by atoms with E-state index in [1.54, 1.807) is 19.2 Å². The minimum atomic E-state index is -0.261. The van der Waals surface area contributed by atoms with E-state index in [2.05, 4.69) is 27.7 Å². The van der Waals surface area contributed by atoms with Crippen molar-refractivity contribution in [2.75, 3.05) is 12.8 Å². The third-order valence-corrected chi connectivity index (χ3v) is 3.91. The summed E-state index contributed by atoms with van der Waals surface area (Å²) in [7, 11) is 1.66. The number of nitrogens with two attached hydrogens (primary N) is 1. The van der Waals surface area contributed by atoms with Gasteiger partial charge in [-0.3, -0.25) is 4.98 Å². The smallest absolute Gasteiger partial charge is 0.123 e. The number of rotatable bonds is 5. The highest BCUT2D eigenvalue weighted by Gasteiger charge is 2.22. The molecule has 0 aliphatic rings. The zero-order valence-electron chi connectivity index (χ0n) is 14.5. The second-order valence-electron chi connectivity index (χ2n) is 6.40. The van der Waals surface area contributed by atoms with Crippen LogP contribution >= 0.6 is 0 Å². The number of pyridine rings is 1. The first-order valence-corrected chi connectivity index (χ1v) is 7.93. The van der Waals surface area contributed by atoms with E-state index in [-0.39, 0.29) is 17.7 Å². The molecule has 3 nitrogen and oxygen atoms in total. The molecule has 0 saturated heterocycles. The van der Waals surface area contributed by atoms with Crippen LogP contribution in [0, 0.1) is 5.82 Å². The van der Waals surface area contributed by atoms with Crippen molar-refractivity contribution in [1.29, 1.82) is 0 Å². The summed E-state index contributed by atoms with van der Waals surface area (Å²) < 4.78 is 18.7. The summed E-state index contributed by atoms with van der Waals surface area (Å²) in [4.78, 5) is 4.81. The molecule has 1 aromatic heterocycles. The Hall–Kier alpha value is -1.94. The number of aromatic nitrogens is 1. The van der Waals surface area contributed by atoms with E-state index in [0.29, 0.717) is 12.3 Å². The molecule has 4 heteroatoms. The maximum Gasteiger partial charge on any atom is 0.123 e. The number of hydrogen-bond acceptors (Lipinski definition) is 3. The summed E-state index contributed by atoms with van der Waals surface area (Å²) in [5.41, 5.74) is 11.8. The molecule has 0 unspecified atom stereocenters. The van der Waals surface area contributed by atoms with Gasteiger partial charge in [0.2, 0.25) is 0 Å². The molecule has 124 valence electrons. The Bertz CT molecular complexity index is 679. The lowest BCUT2D eigenvalue weighted by Gasteiger charge is -2.22. The highest BCUT2D eigenvalue weighted by atomic mass is 19.1. The van der Waals surface area contributed by atoms with Crippen molar-refractivity contribution in [3.8, 4) is 11.1 Å². The van der Waals surface area contributed by atoms with Crippen molar-refractivity contribution in [2.24, 2.45) is 0 Å². The van der Waals surface area contributed by atoms with Crippen molar-refractivity contribution in [3.63, 3.8) is 0 Å². The van der Waals surface area contributed by atoms with Crippen LogP contribution in [0.5, 0.6) is 0 Å². The molecule has 0 aliphatic heterocycles. The largest absolute Gasteiger partial charge is 0.397 e. The van der Waals surface area contributed by atoms with Crippen molar-refractivity contribution in [2.45, 2.75) is 46.1 Å². The Balaban J connectivity index is 2.81. The normalized spacial score (nSPS) is 11.5. The molecule has 1 heterocycles. The van der Waals surface area contributed by atoms with Gasteiger partial charge in [-0.05, 0) is 29.5 Å². The highest BCUT2D eigenvalue weighted by Crippen LogP contribution is 2.38. The lowest BCUT2D eigenvalue weighted by atomic mass is 9.90. The van der Waals surface area contributed by atoms with Gasteiger partial charge in [-0.15, -0.1) is 0 Å². The molecule has 2 aromatic rings. The fourth-order valence-electron chi connectivity index (χ4n) is 2.83. The van der Waals surface area contributed by atoms with Crippen LogP contribution < -0.4 is 5.73 Å². The fourth-order valence-corrected chi connectivity index (χ4v) is 2.83. The number of methoxy groups -OCH3 is 1. The number of nitrogens with zero attached hydrogens (tertiary/aromatic N) is 1. The fraction of sp³-hybridized carbons (Fsp3) is 0.421. The van der Waals surface area contributed by atoms with Gasteiger partial charge >= 0.3 is 0 Å². The van der Waals surface area contributed by atoms with E-state index in [1.165, 1.54) is 12.1 Å². The molecule has 0 bridgehead atoms. The van der Waals surface area contributed by atoms with Crippen LogP contribution in [0.4, 0.5) is 10.1 Å². The summed E-state index contributed by atoms with van der Waals surface area (Å²) in [5, 5.41) is 0. The quantitative estimate of drug-likeness (QED) is 0.856. The van der Waals surface area contributed by atoms with Crippen LogP contribution in [0.3, 0.4) is 0 Å². The lowest BCUT2D eigenvalue weighted by Crippen LogP contribution is -2.12. The molecule has 0 aliphatic carbocycles. The van der Waals surface area contributed by atoms with Crippen LogP contribution in [0.2, 0.25) is 0 Å². The van der Waals surface area contributed by atoms with E-state index in [4.69, 9.17) is 15.5 Å². The van der Waals surface area contributed by atoms with E-state index in [0.717, 1.165) is 28.1 Å². The van der Waals surface area contributed by atoms with Gasteiger partial charge in [0, 0.05) is 23.9 Å². The average molecular weight is 316 g/mol. The van der Waals surface area contributed by atoms with Gasteiger partial charge in [0.25, 0.3) is 0 Å². The summed E-state index contributed by atoms with van der Waals surface area (Å²) in [6, 6.07) is 6.43. The predicted octanol–water partition coefficient (Wildman–Crippen LogP) is 4.86. The summed E-state index contributed by atoms with van der Waals surface area (Å²) in [6.45, 7) is 8.79. The number of halogens is 1. The molecule has 23 heavy (non-hydrogen) atoms. The Morgan fingerprint density at radius 1 is 1.04 bits per heavy atom. The molecular weight excluding hydrogens is 291 g/mol. The second kappa shape index (κ2) is 7.09. The molecule has 0 fully saturated rings. The van der Waals surface area contributed by atoms with Crippen LogP contribution in [0.1, 0.15) is 56.5 Å². The average Bonchev–Trinajstić information content (AvgIpc) is 2.48. The summed E-state index contributed by atoms with van der Waals surface area (Å²) in [6.07, 6.45) is 0. The minimum absolute atomic E-state index is 0.211. The van der Waals surface area contributed by atoms with E-state index >= 15 is 0 Å². The molecule has 0 amide bonds. The van der Waals surface area contributed by atoms with Gasteiger partial charge < -0.3 is 10.5 Å². The number of benzene rings is 1. The molecule has 2 rings (SSSR count). The van der Waals surface area contributed by atoms with Crippen molar-refractivity contribution in [1.82, 2.24) is 4.98 Å². The van der Waals surface area contributed by atoms with Gasteiger partial charge in [0.15, 0.2) is 0 Å². The van der Waals surface area contributed by atoms with E-state index < -0.39 is 0 Å². The molecule has 0 radical (unpaired) electrons. The van der Waals surface area contributed by atoms with E-state index in [1.807, 2.05) is 0 Å². The monoisotopic (exact) mass is 316 g/mol.